The first-order valence-electron chi connectivity index (χ1n) is 9.43. The van der Waals surface area contributed by atoms with Crippen molar-refractivity contribution in [3.8, 4) is 5.75 Å². The largest absolute Gasteiger partial charge is 0.492 e. The number of aliphatic hydroxyl groups excluding tert-OH is 4. The van der Waals surface area contributed by atoms with Gasteiger partial charge in [0.1, 0.15) is 42.2 Å². The second kappa shape index (κ2) is 12.3. The maximum atomic E-state index is 10.2. The molecule has 0 aromatic heterocycles. The standard InChI is InChI=1S/C20H25N3O6S.ClH/c21-8-9-28-14-6-4-12(5-7-14)22-23-13-2-1-3-15(10-13)30-20-19(27)18(26)17(25)16(11-24)29-20;/h1-7,10,16-20,24-27H,8-9,11,21H2;1H/t16-,17+,18+,19-,20+;/m1./s1. The molecule has 1 saturated heterocycles. The van der Waals surface area contributed by atoms with Crippen molar-refractivity contribution >= 4 is 35.5 Å². The number of rotatable bonds is 8. The summed E-state index contributed by atoms with van der Waals surface area (Å²) in [7, 11) is 0. The fourth-order valence-corrected chi connectivity index (χ4v) is 3.93. The zero-order valence-electron chi connectivity index (χ0n) is 16.5. The highest BCUT2D eigenvalue weighted by atomic mass is 35.5. The Labute approximate surface area is 190 Å². The van der Waals surface area contributed by atoms with E-state index in [1.807, 2.05) is 0 Å². The highest BCUT2D eigenvalue weighted by Crippen LogP contribution is 2.35. The molecule has 0 bridgehead atoms. The van der Waals surface area contributed by atoms with Crippen molar-refractivity contribution in [3.05, 3.63) is 48.5 Å². The van der Waals surface area contributed by atoms with Crippen LogP contribution in [0, 0.1) is 0 Å². The number of ether oxygens (including phenoxy) is 2. The van der Waals surface area contributed by atoms with E-state index in [1.165, 1.54) is 0 Å². The van der Waals surface area contributed by atoms with Gasteiger partial charge in [0.15, 0.2) is 0 Å². The van der Waals surface area contributed by atoms with Crippen LogP contribution in [0.25, 0.3) is 0 Å². The molecular weight excluding hydrogens is 446 g/mol. The maximum absolute atomic E-state index is 10.2. The van der Waals surface area contributed by atoms with Gasteiger partial charge in [0.05, 0.1) is 18.0 Å². The van der Waals surface area contributed by atoms with Gasteiger partial charge in [-0.05, 0) is 42.5 Å². The lowest BCUT2D eigenvalue weighted by Gasteiger charge is -2.39. The smallest absolute Gasteiger partial charge is 0.136 e. The summed E-state index contributed by atoms with van der Waals surface area (Å²) >= 11 is 1.16. The van der Waals surface area contributed by atoms with Crippen LogP contribution in [0.2, 0.25) is 0 Å². The van der Waals surface area contributed by atoms with Crippen molar-refractivity contribution in [1.82, 2.24) is 0 Å². The molecule has 0 amide bonds. The van der Waals surface area contributed by atoms with Crippen LogP contribution in [0.3, 0.4) is 0 Å². The lowest BCUT2D eigenvalue weighted by Crippen LogP contribution is -2.57. The zero-order chi connectivity index (χ0) is 21.5. The third kappa shape index (κ3) is 6.86. The molecule has 11 heteroatoms. The number of halogens is 1. The molecule has 0 aliphatic carbocycles. The van der Waals surface area contributed by atoms with Crippen LogP contribution in [0.5, 0.6) is 5.75 Å². The summed E-state index contributed by atoms with van der Waals surface area (Å²) in [4.78, 5) is 0.723. The van der Waals surface area contributed by atoms with Crippen molar-refractivity contribution in [3.63, 3.8) is 0 Å². The van der Waals surface area contributed by atoms with Crippen LogP contribution < -0.4 is 10.5 Å². The van der Waals surface area contributed by atoms with Crippen molar-refractivity contribution in [2.45, 2.75) is 34.7 Å². The summed E-state index contributed by atoms with van der Waals surface area (Å²) in [6, 6.07) is 14.3. The molecule has 0 unspecified atom stereocenters. The molecule has 170 valence electrons. The Bertz CT molecular complexity index is 842. The highest BCUT2D eigenvalue weighted by Gasteiger charge is 2.43. The van der Waals surface area contributed by atoms with Crippen LogP contribution in [-0.4, -0.2) is 70.0 Å². The Balaban J connectivity index is 0.00000341. The van der Waals surface area contributed by atoms with E-state index in [1.54, 1.807) is 48.5 Å². The first-order valence-corrected chi connectivity index (χ1v) is 10.3. The second-order valence-electron chi connectivity index (χ2n) is 6.64. The molecule has 1 aliphatic rings. The molecule has 31 heavy (non-hydrogen) atoms. The molecule has 0 spiro atoms. The van der Waals surface area contributed by atoms with Crippen LogP contribution in [0.1, 0.15) is 0 Å². The van der Waals surface area contributed by atoms with Gasteiger partial charge in [-0.3, -0.25) is 0 Å². The average Bonchev–Trinajstić information content (AvgIpc) is 2.77. The van der Waals surface area contributed by atoms with Crippen LogP contribution in [0.4, 0.5) is 11.4 Å². The van der Waals surface area contributed by atoms with E-state index in [-0.39, 0.29) is 12.4 Å². The topological polar surface area (TPSA) is 150 Å². The number of nitrogens with two attached hydrogens (primary N) is 1. The first kappa shape index (κ1) is 25.5. The fourth-order valence-electron chi connectivity index (χ4n) is 2.82. The van der Waals surface area contributed by atoms with Crippen LogP contribution in [-0.2, 0) is 4.74 Å². The Hall–Kier alpha value is -1.76. The second-order valence-corrected chi connectivity index (χ2v) is 7.82. The fraction of sp³-hybridized carbons (Fsp3) is 0.400. The molecule has 0 radical (unpaired) electrons. The monoisotopic (exact) mass is 471 g/mol. The van der Waals surface area contributed by atoms with Crippen molar-refractivity contribution in [2.24, 2.45) is 16.0 Å². The SMILES string of the molecule is Cl.NCCOc1ccc(N=Nc2cccc(S[C@@H]3O[C@H](CO)[C@H](O)[C@H](O)[C@H]3O)c2)cc1. The molecule has 9 nitrogen and oxygen atoms in total. The van der Waals surface area contributed by atoms with Crippen LogP contribution >= 0.6 is 24.2 Å². The van der Waals surface area contributed by atoms with Crippen molar-refractivity contribution in [1.29, 1.82) is 0 Å². The van der Waals surface area contributed by atoms with E-state index >= 15 is 0 Å². The number of hydrogen-bond donors (Lipinski definition) is 5. The van der Waals surface area contributed by atoms with Crippen molar-refractivity contribution < 1.29 is 29.9 Å². The normalized spacial score (nSPS) is 25.9. The Morgan fingerprint density at radius 2 is 1.68 bits per heavy atom. The van der Waals surface area contributed by atoms with E-state index in [4.69, 9.17) is 15.2 Å². The van der Waals surface area contributed by atoms with Gasteiger partial charge in [-0.25, -0.2) is 0 Å². The zero-order valence-corrected chi connectivity index (χ0v) is 18.2. The number of aliphatic hydroxyl groups is 4. The Kier molecular flexibility index (Phi) is 10.1. The summed E-state index contributed by atoms with van der Waals surface area (Å²) in [6.45, 7) is 0.422. The predicted octanol–water partition coefficient (Wildman–Crippen LogP) is 1.75. The Morgan fingerprint density at radius 3 is 2.35 bits per heavy atom. The average molecular weight is 472 g/mol. The molecule has 5 atom stereocenters. The van der Waals surface area contributed by atoms with Gasteiger partial charge < -0.3 is 35.6 Å². The number of hydrogen-bond acceptors (Lipinski definition) is 10. The number of azo groups is 1. The molecule has 1 aliphatic heterocycles. The van der Waals surface area contributed by atoms with Gasteiger partial charge in [-0.2, -0.15) is 10.2 Å². The number of thioether (sulfide) groups is 1. The van der Waals surface area contributed by atoms with E-state index in [9.17, 15) is 20.4 Å². The lowest BCUT2D eigenvalue weighted by molar-refractivity contribution is -0.205. The highest BCUT2D eigenvalue weighted by molar-refractivity contribution is 7.99. The summed E-state index contributed by atoms with van der Waals surface area (Å²) in [6.07, 6.45) is -5.04. The minimum absolute atomic E-state index is 0. The van der Waals surface area contributed by atoms with Gasteiger partial charge in [-0.1, -0.05) is 17.8 Å². The van der Waals surface area contributed by atoms with Gasteiger partial charge in [0, 0.05) is 11.4 Å². The van der Waals surface area contributed by atoms with E-state index < -0.39 is 36.5 Å². The Morgan fingerprint density at radius 1 is 0.968 bits per heavy atom. The molecule has 2 aromatic rings. The molecule has 1 heterocycles. The predicted molar refractivity (Wildman–Crippen MR) is 118 cm³/mol. The number of nitrogens with zero attached hydrogens (tertiary/aromatic N) is 2. The lowest BCUT2D eigenvalue weighted by atomic mass is 10.0. The molecule has 2 aromatic carbocycles. The van der Waals surface area contributed by atoms with Gasteiger partial charge >= 0.3 is 0 Å². The molecule has 3 rings (SSSR count). The minimum Gasteiger partial charge on any atom is -0.492 e. The van der Waals surface area contributed by atoms with E-state index in [2.05, 4.69) is 10.2 Å². The van der Waals surface area contributed by atoms with Crippen LogP contribution in [0.15, 0.2) is 63.7 Å². The molecule has 0 saturated carbocycles. The minimum atomic E-state index is -1.41. The van der Waals surface area contributed by atoms with E-state index in [0.717, 1.165) is 16.7 Å². The van der Waals surface area contributed by atoms with Gasteiger partial charge in [0.2, 0.25) is 0 Å². The summed E-state index contributed by atoms with van der Waals surface area (Å²) < 4.78 is 10.9. The van der Waals surface area contributed by atoms with Gasteiger partial charge in [0.25, 0.3) is 0 Å². The third-order valence-corrected chi connectivity index (χ3v) is 5.57. The van der Waals surface area contributed by atoms with Crippen molar-refractivity contribution in [2.75, 3.05) is 19.8 Å². The molecular formula is C20H26ClN3O6S. The number of benzene rings is 2. The van der Waals surface area contributed by atoms with Gasteiger partial charge in [-0.15, -0.1) is 12.4 Å². The molecule has 6 N–H and O–H groups in total. The maximum Gasteiger partial charge on any atom is 0.136 e. The quantitative estimate of drug-likeness (QED) is 0.365. The van der Waals surface area contributed by atoms with E-state index in [0.29, 0.717) is 30.3 Å². The first-order chi connectivity index (χ1) is 14.5. The summed E-state index contributed by atoms with van der Waals surface area (Å²) in [5, 5.41) is 47.7. The summed E-state index contributed by atoms with van der Waals surface area (Å²) in [5.41, 5.74) is 5.80. The third-order valence-electron chi connectivity index (χ3n) is 4.42. The summed E-state index contributed by atoms with van der Waals surface area (Å²) in [5.74, 6) is 0.706. The molecule has 1 fully saturated rings.